The zero-order valence-electron chi connectivity index (χ0n) is 25.2. The quantitative estimate of drug-likeness (QED) is 0.159. The average Bonchev–Trinajstić information content (AvgIpc) is 3.18. The number of hydrogen-bond donors (Lipinski definition) is 4. The van der Waals surface area contributed by atoms with E-state index in [1.165, 1.54) is 5.57 Å². The molecule has 0 amide bonds. The van der Waals surface area contributed by atoms with Gasteiger partial charge in [-0.1, -0.05) is 49.6 Å². The van der Waals surface area contributed by atoms with Crippen molar-refractivity contribution in [2.24, 2.45) is 22.7 Å². The molecule has 3 saturated carbocycles. The van der Waals surface area contributed by atoms with E-state index in [9.17, 15) is 46.8 Å². The van der Waals surface area contributed by atoms with E-state index < -0.39 is 41.2 Å². The van der Waals surface area contributed by atoms with Crippen molar-refractivity contribution < 1.29 is 46.8 Å². The summed E-state index contributed by atoms with van der Waals surface area (Å²) in [6.45, 7) is 7.44. The molecule has 0 aliphatic heterocycles. The van der Waals surface area contributed by atoms with Gasteiger partial charge in [-0.05, 0) is 113 Å². The van der Waals surface area contributed by atoms with Gasteiger partial charge in [0.05, 0.1) is 17.8 Å². The normalized spacial score (nSPS) is 32.3. The van der Waals surface area contributed by atoms with Crippen LogP contribution in [0, 0.1) is 22.7 Å². The lowest BCUT2D eigenvalue weighted by atomic mass is 9.55. The second-order valence-electron chi connectivity index (χ2n) is 14.2. The molecule has 242 valence electrons. The molecule has 0 aromatic rings. The van der Waals surface area contributed by atoms with Gasteiger partial charge in [0.15, 0.2) is 0 Å². The molecule has 3 rings (SSSR count). The van der Waals surface area contributed by atoms with Crippen LogP contribution in [0.25, 0.3) is 0 Å². The second kappa shape index (κ2) is 12.6. The number of aliphatic hydroxyl groups excluding tert-OH is 2. The number of fused-ring (bicyclic) bond motifs is 1. The summed E-state index contributed by atoms with van der Waals surface area (Å²) in [4.78, 5) is 0. The Balaban J connectivity index is 1.91. The number of rotatable bonds is 9. The third-order valence-electron chi connectivity index (χ3n) is 10.2. The van der Waals surface area contributed by atoms with Crippen molar-refractivity contribution in [2.45, 2.75) is 141 Å². The molecule has 0 aromatic heterocycles. The van der Waals surface area contributed by atoms with Crippen LogP contribution in [0.15, 0.2) is 35.5 Å². The Kier molecular flexibility index (Phi) is 10.5. The van der Waals surface area contributed by atoms with E-state index >= 15 is 0 Å². The Labute approximate surface area is 245 Å². The molecule has 6 atom stereocenters. The van der Waals surface area contributed by atoms with Gasteiger partial charge < -0.3 is 20.4 Å². The second-order valence-corrected chi connectivity index (χ2v) is 14.2. The molecule has 0 saturated heterocycles. The Morgan fingerprint density at radius 1 is 0.881 bits per heavy atom. The van der Waals surface area contributed by atoms with Crippen molar-refractivity contribution in [3.8, 4) is 0 Å². The standard InChI is InChI=1S/C32H48F6O4/c1-27(2,41)13-6-14-28(3,15-7-17-30(42,31(33,34)35)32(36,37)38)26-12-11-25-22(8-5-16-29(25,26)4)10-9-21-18-23(39)20-24(40)19-21/h7,9-10,17,23-26,39-42H,5-6,8,11-16,18-20H2,1-4H3/b17-7+,22-10+/t23-,24-,25?,26?,28?,29+/m1/s1. The van der Waals surface area contributed by atoms with Crippen molar-refractivity contribution >= 4 is 0 Å². The highest BCUT2D eigenvalue weighted by Gasteiger charge is 2.69. The minimum Gasteiger partial charge on any atom is -0.393 e. The Morgan fingerprint density at radius 3 is 2.02 bits per heavy atom. The third kappa shape index (κ3) is 7.83. The molecule has 0 heterocycles. The first-order valence-corrected chi connectivity index (χ1v) is 15.1. The maximum absolute atomic E-state index is 13.3. The summed E-state index contributed by atoms with van der Waals surface area (Å²) < 4.78 is 80.1. The maximum atomic E-state index is 13.3. The van der Waals surface area contributed by atoms with Crippen LogP contribution in [0.2, 0.25) is 0 Å². The minimum atomic E-state index is -5.91. The van der Waals surface area contributed by atoms with Crippen LogP contribution in [0.4, 0.5) is 26.3 Å². The fraction of sp³-hybridized carbons (Fsp3) is 0.812. The van der Waals surface area contributed by atoms with Crippen LogP contribution in [-0.4, -0.2) is 56.2 Å². The predicted molar refractivity (Wildman–Crippen MR) is 149 cm³/mol. The fourth-order valence-electron chi connectivity index (χ4n) is 8.11. The monoisotopic (exact) mass is 610 g/mol. The first kappa shape index (κ1) is 35.1. The molecule has 3 unspecified atom stereocenters. The van der Waals surface area contributed by atoms with Crippen LogP contribution >= 0.6 is 0 Å². The smallest absolute Gasteiger partial charge is 0.393 e. The van der Waals surface area contributed by atoms with Gasteiger partial charge in [-0.15, -0.1) is 0 Å². The Bertz CT molecular complexity index is 997. The molecule has 42 heavy (non-hydrogen) atoms. The van der Waals surface area contributed by atoms with E-state index in [0.717, 1.165) is 43.8 Å². The highest BCUT2D eigenvalue weighted by atomic mass is 19.4. The summed E-state index contributed by atoms with van der Waals surface area (Å²) in [6.07, 6.45) is -1.06. The average molecular weight is 611 g/mol. The lowest BCUT2D eigenvalue weighted by molar-refractivity contribution is -0.347. The van der Waals surface area contributed by atoms with Gasteiger partial charge >= 0.3 is 12.4 Å². The molecule has 3 aliphatic rings. The largest absolute Gasteiger partial charge is 0.429 e. The van der Waals surface area contributed by atoms with Gasteiger partial charge in [0.1, 0.15) is 0 Å². The van der Waals surface area contributed by atoms with Gasteiger partial charge in [-0.3, -0.25) is 0 Å². The number of hydrogen-bond acceptors (Lipinski definition) is 4. The maximum Gasteiger partial charge on any atom is 0.429 e. The number of halogens is 6. The summed E-state index contributed by atoms with van der Waals surface area (Å²) in [5.74, 6) is 0.201. The topological polar surface area (TPSA) is 80.9 Å². The van der Waals surface area contributed by atoms with E-state index in [2.05, 4.69) is 13.0 Å². The van der Waals surface area contributed by atoms with Crippen LogP contribution < -0.4 is 0 Å². The van der Waals surface area contributed by atoms with Crippen molar-refractivity contribution in [3.05, 3.63) is 35.5 Å². The van der Waals surface area contributed by atoms with Gasteiger partial charge in [-0.2, -0.15) is 26.3 Å². The molecule has 10 heteroatoms. The summed E-state index contributed by atoms with van der Waals surface area (Å²) >= 11 is 0. The first-order chi connectivity index (χ1) is 19.1. The molecule has 0 aromatic carbocycles. The molecule has 0 bridgehead atoms. The molecule has 3 fully saturated rings. The van der Waals surface area contributed by atoms with E-state index in [4.69, 9.17) is 0 Å². The van der Waals surface area contributed by atoms with E-state index in [0.29, 0.717) is 38.5 Å². The number of alkyl halides is 6. The first-order valence-electron chi connectivity index (χ1n) is 15.1. The van der Waals surface area contributed by atoms with Crippen LogP contribution in [0.5, 0.6) is 0 Å². The zero-order valence-corrected chi connectivity index (χ0v) is 25.2. The van der Waals surface area contributed by atoms with E-state index in [1.54, 1.807) is 13.8 Å². The molecule has 3 aliphatic carbocycles. The highest BCUT2D eigenvalue weighted by Crippen LogP contribution is 2.64. The number of aliphatic hydroxyl groups is 4. The Hall–Kier alpha value is -1.36. The van der Waals surface area contributed by atoms with Gasteiger partial charge in [0.2, 0.25) is 0 Å². The molecule has 4 N–H and O–H groups in total. The lowest BCUT2D eigenvalue weighted by Gasteiger charge is -2.49. The van der Waals surface area contributed by atoms with Crippen LogP contribution in [0.1, 0.15) is 105 Å². The molecule has 4 nitrogen and oxygen atoms in total. The molecule has 0 radical (unpaired) electrons. The lowest BCUT2D eigenvalue weighted by Crippen LogP contribution is -2.55. The van der Waals surface area contributed by atoms with E-state index in [-0.39, 0.29) is 29.7 Å². The fourth-order valence-corrected chi connectivity index (χ4v) is 8.11. The SMILES string of the molecule is CC(C)(O)CCCC(C)(C/C=C/C(O)(C(F)(F)F)C(F)(F)F)C1CCC2/C(=C/C=C3C[C@@H](O)C[C@H](O)C3)CCC[C@@]21C. The number of allylic oxidation sites excluding steroid dienone is 4. The van der Waals surface area contributed by atoms with Crippen molar-refractivity contribution in [3.63, 3.8) is 0 Å². The summed E-state index contributed by atoms with van der Waals surface area (Å²) in [5.41, 5.74) is -4.53. The molecular formula is C32H48F6O4. The molecular weight excluding hydrogens is 562 g/mol. The summed E-state index contributed by atoms with van der Waals surface area (Å²) in [5, 5.41) is 40.1. The van der Waals surface area contributed by atoms with Crippen LogP contribution in [-0.2, 0) is 0 Å². The van der Waals surface area contributed by atoms with Crippen molar-refractivity contribution in [1.82, 2.24) is 0 Å². The van der Waals surface area contributed by atoms with Crippen LogP contribution in [0.3, 0.4) is 0 Å². The minimum absolute atomic E-state index is 0.000925. The Morgan fingerprint density at radius 2 is 1.48 bits per heavy atom. The van der Waals surface area contributed by atoms with Gasteiger partial charge in [0.25, 0.3) is 5.60 Å². The summed E-state index contributed by atoms with van der Waals surface area (Å²) in [6, 6.07) is 0. The zero-order chi connectivity index (χ0) is 31.8. The van der Waals surface area contributed by atoms with E-state index in [1.807, 2.05) is 13.0 Å². The predicted octanol–water partition coefficient (Wildman–Crippen LogP) is 7.71. The highest BCUT2D eigenvalue weighted by molar-refractivity contribution is 5.27. The van der Waals surface area contributed by atoms with Gasteiger partial charge in [-0.25, -0.2) is 0 Å². The summed E-state index contributed by atoms with van der Waals surface area (Å²) in [7, 11) is 0. The van der Waals surface area contributed by atoms with Crippen molar-refractivity contribution in [1.29, 1.82) is 0 Å². The molecule has 0 spiro atoms. The van der Waals surface area contributed by atoms with Gasteiger partial charge in [0, 0.05) is 0 Å². The third-order valence-corrected chi connectivity index (χ3v) is 10.2. The van der Waals surface area contributed by atoms with Crippen molar-refractivity contribution in [2.75, 3.05) is 0 Å².